The number of nitrogens with zero attached hydrogens (tertiary/aromatic N) is 1. The lowest BCUT2D eigenvalue weighted by Gasteiger charge is -2.34. The Kier molecular flexibility index (Phi) is 7.72. The average molecular weight is 338 g/mol. The minimum Gasteiger partial charge on any atom is -0.373 e. The third kappa shape index (κ3) is 5.13. The monoisotopic (exact) mass is 337 g/mol. The van der Waals surface area contributed by atoms with E-state index in [1.807, 2.05) is 30.3 Å². The minimum atomic E-state index is -2.77. The Morgan fingerprint density at radius 2 is 1.91 bits per heavy atom. The summed E-state index contributed by atoms with van der Waals surface area (Å²) in [4.78, 5) is 2.58. The lowest BCUT2D eigenvalue weighted by molar-refractivity contribution is 0.0689. The molecular formula is C18H31NO3Si. The fraction of sp³-hybridized carbons (Fsp3) is 0.667. The fourth-order valence-electron chi connectivity index (χ4n) is 3.26. The van der Waals surface area contributed by atoms with Crippen molar-refractivity contribution in [3.05, 3.63) is 30.3 Å². The van der Waals surface area contributed by atoms with E-state index in [0.29, 0.717) is 12.5 Å². The smallest absolute Gasteiger partial charge is 0.373 e. The summed E-state index contributed by atoms with van der Waals surface area (Å²) in [5.41, 5.74) is 0. The average Bonchev–Trinajstić information content (AvgIpc) is 2.62. The van der Waals surface area contributed by atoms with Crippen LogP contribution in [-0.2, 0) is 13.3 Å². The highest BCUT2D eigenvalue weighted by molar-refractivity contribution is 6.75. The van der Waals surface area contributed by atoms with E-state index < -0.39 is 8.80 Å². The molecule has 2 rings (SSSR count). The fourth-order valence-corrected chi connectivity index (χ4v) is 5.36. The van der Waals surface area contributed by atoms with Crippen LogP contribution in [0.15, 0.2) is 30.3 Å². The van der Waals surface area contributed by atoms with Gasteiger partial charge in [-0.15, -0.1) is 0 Å². The molecule has 23 heavy (non-hydrogen) atoms. The van der Waals surface area contributed by atoms with Gasteiger partial charge in [0.1, 0.15) is 0 Å². The van der Waals surface area contributed by atoms with Crippen molar-refractivity contribution < 1.29 is 13.3 Å². The van der Waals surface area contributed by atoms with Crippen molar-refractivity contribution in [1.29, 1.82) is 0 Å². The van der Waals surface area contributed by atoms with Crippen LogP contribution < -0.4 is 5.19 Å². The molecule has 130 valence electrons. The molecule has 0 amide bonds. The second-order valence-corrected chi connectivity index (χ2v) is 9.10. The number of hydrogen-bond donors (Lipinski definition) is 0. The number of hydrogen-bond acceptors (Lipinski definition) is 4. The summed E-state index contributed by atoms with van der Waals surface area (Å²) in [5.74, 6) is 0.571. The van der Waals surface area contributed by atoms with Gasteiger partial charge in [0.15, 0.2) is 0 Å². The highest BCUT2D eigenvalue weighted by Crippen LogP contribution is 2.19. The summed E-state index contributed by atoms with van der Waals surface area (Å²) in [6.45, 7) is 6.54. The molecule has 0 radical (unpaired) electrons. The summed E-state index contributed by atoms with van der Waals surface area (Å²) < 4.78 is 17.7. The third-order valence-electron chi connectivity index (χ3n) is 4.60. The van der Waals surface area contributed by atoms with Gasteiger partial charge in [0.25, 0.3) is 0 Å². The van der Waals surface area contributed by atoms with Gasteiger partial charge in [-0.3, -0.25) is 0 Å². The molecular weight excluding hydrogens is 306 g/mol. The van der Waals surface area contributed by atoms with Gasteiger partial charge in [-0.2, -0.15) is 0 Å². The van der Waals surface area contributed by atoms with E-state index in [2.05, 4.69) is 11.8 Å². The minimum absolute atomic E-state index is 0.571. The molecule has 0 N–H and O–H groups in total. The van der Waals surface area contributed by atoms with E-state index in [9.17, 15) is 0 Å². The van der Waals surface area contributed by atoms with Crippen LogP contribution in [0.25, 0.3) is 0 Å². The second kappa shape index (κ2) is 9.54. The summed E-state index contributed by atoms with van der Waals surface area (Å²) >= 11 is 0. The Balaban J connectivity index is 1.93. The van der Waals surface area contributed by atoms with Gasteiger partial charge in [-0.25, -0.2) is 0 Å². The van der Waals surface area contributed by atoms with Crippen LogP contribution in [-0.4, -0.2) is 54.2 Å². The highest BCUT2D eigenvalue weighted by Gasteiger charge is 2.42. The lowest BCUT2D eigenvalue weighted by atomic mass is 9.99. The van der Waals surface area contributed by atoms with Crippen molar-refractivity contribution >= 4 is 14.0 Å². The van der Waals surface area contributed by atoms with Gasteiger partial charge in [0.05, 0.1) is 0 Å². The van der Waals surface area contributed by atoms with Crippen LogP contribution in [0.1, 0.15) is 32.6 Å². The normalized spacial score (nSPS) is 19.9. The van der Waals surface area contributed by atoms with E-state index in [-0.39, 0.29) is 0 Å². The van der Waals surface area contributed by atoms with Gasteiger partial charge in [-0.05, 0) is 38.3 Å². The maximum absolute atomic E-state index is 6.27. The Morgan fingerprint density at radius 3 is 2.57 bits per heavy atom. The summed E-state index contributed by atoms with van der Waals surface area (Å²) in [6, 6.07) is 10.1. The molecule has 0 saturated carbocycles. The number of benzene rings is 1. The van der Waals surface area contributed by atoms with E-state index in [1.165, 1.54) is 38.8 Å². The van der Waals surface area contributed by atoms with Crippen molar-refractivity contribution in [3.8, 4) is 0 Å². The third-order valence-corrected chi connectivity index (χ3v) is 7.27. The van der Waals surface area contributed by atoms with E-state index in [0.717, 1.165) is 11.7 Å². The van der Waals surface area contributed by atoms with Crippen LogP contribution in [0.5, 0.6) is 0 Å². The van der Waals surface area contributed by atoms with Gasteiger partial charge in [0.2, 0.25) is 0 Å². The molecule has 0 bridgehead atoms. The standard InChI is InChI=1S/C18H31NO3Si/c1-4-5-13-19-14-9-10-17(15-19)16-22-23(20-2,21-3)18-11-7-6-8-12-18/h6-8,11-12,17H,4-5,9-10,13-16H2,1-3H3. The molecule has 0 spiro atoms. The van der Waals surface area contributed by atoms with E-state index >= 15 is 0 Å². The van der Waals surface area contributed by atoms with Gasteiger partial charge in [0, 0.05) is 32.6 Å². The predicted molar refractivity (Wildman–Crippen MR) is 95.9 cm³/mol. The molecule has 1 aromatic rings. The molecule has 1 fully saturated rings. The zero-order valence-corrected chi connectivity index (χ0v) is 15.8. The molecule has 1 aromatic carbocycles. The van der Waals surface area contributed by atoms with Gasteiger partial charge < -0.3 is 18.2 Å². The maximum atomic E-state index is 6.27. The largest absolute Gasteiger partial charge is 0.536 e. The molecule has 1 aliphatic heterocycles. The lowest BCUT2D eigenvalue weighted by Crippen LogP contribution is -2.56. The Bertz CT molecular complexity index is 439. The van der Waals surface area contributed by atoms with Crippen LogP contribution >= 0.6 is 0 Å². The number of rotatable bonds is 9. The number of likely N-dealkylation sites (tertiary alicyclic amines) is 1. The maximum Gasteiger partial charge on any atom is 0.536 e. The highest BCUT2D eigenvalue weighted by atomic mass is 28.4. The SMILES string of the molecule is CCCCN1CCCC(CO[Si](OC)(OC)c2ccccc2)C1. The zero-order valence-electron chi connectivity index (χ0n) is 14.8. The second-order valence-electron chi connectivity index (χ2n) is 6.30. The molecule has 5 heteroatoms. The van der Waals surface area contributed by atoms with Crippen molar-refractivity contribution in [2.24, 2.45) is 5.92 Å². The summed E-state index contributed by atoms with van der Waals surface area (Å²) in [7, 11) is 0.614. The van der Waals surface area contributed by atoms with Crippen LogP contribution in [0.4, 0.5) is 0 Å². The molecule has 0 aromatic heterocycles. The first kappa shape index (κ1) is 18.6. The molecule has 1 saturated heterocycles. The number of unbranched alkanes of at least 4 members (excludes halogenated alkanes) is 1. The topological polar surface area (TPSA) is 30.9 Å². The molecule has 1 heterocycles. The first-order valence-electron chi connectivity index (χ1n) is 8.76. The Labute approximate surface area is 142 Å². The molecule has 1 unspecified atom stereocenters. The van der Waals surface area contributed by atoms with E-state index in [4.69, 9.17) is 13.3 Å². The van der Waals surface area contributed by atoms with Crippen molar-refractivity contribution in [3.63, 3.8) is 0 Å². The van der Waals surface area contributed by atoms with E-state index in [1.54, 1.807) is 14.2 Å². The quantitative estimate of drug-likeness (QED) is 0.648. The van der Waals surface area contributed by atoms with Gasteiger partial charge in [-0.1, -0.05) is 43.7 Å². The summed E-state index contributed by atoms with van der Waals surface area (Å²) in [6.07, 6.45) is 5.04. The predicted octanol–water partition coefficient (Wildman–Crippen LogP) is 2.65. The Hall–Kier alpha value is -0.723. The van der Waals surface area contributed by atoms with Crippen LogP contribution in [0, 0.1) is 5.92 Å². The number of piperidine rings is 1. The molecule has 4 nitrogen and oxygen atoms in total. The van der Waals surface area contributed by atoms with Gasteiger partial charge >= 0.3 is 8.80 Å². The Morgan fingerprint density at radius 1 is 1.17 bits per heavy atom. The van der Waals surface area contributed by atoms with Crippen molar-refractivity contribution in [2.75, 3.05) is 40.5 Å². The van der Waals surface area contributed by atoms with Crippen molar-refractivity contribution in [1.82, 2.24) is 4.90 Å². The van der Waals surface area contributed by atoms with Crippen LogP contribution in [0.3, 0.4) is 0 Å². The first-order chi connectivity index (χ1) is 11.2. The van der Waals surface area contributed by atoms with Crippen molar-refractivity contribution in [2.45, 2.75) is 32.6 Å². The molecule has 1 aliphatic rings. The zero-order chi connectivity index (χ0) is 16.5. The van der Waals surface area contributed by atoms with Crippen LogP contribution in [0.2, 0.25) is 0 Å². The summed E-state index contributed by atoms with van der Waals surface area (Å²) in [5, 5.41) is 1.03. The molecule has 1 atom stereocenters. The first-order valence-corrected chi connectivity index (χ1v) is 10.5. The molecule has 0 aliphatic carbocycles.